The number of amides is 1. The number of aliphatic hydroxyl groups is 1. The first-order valence-electron chi connectivity index (χ1n) is 9.47. The highest BCUT2D eigenvalue weighted by atomic mass is 32.1. The molecule has 0 aromatic heterocycles. The maximum atomic E-state index is 16.0. The minimum absolute atomic E-state index is 0.221. The molecule has 5 nitrogen and oxygen atoms in total. The number of rotatable bonds is 6. The highest BCUT2D eigenvalue weighted by molar-refractivity contribution is 7.80. The third kappa shape index (κ3) is 5.00. The molecule has 2 rings (SSSR count). The van der Waals surface area contributed by atoms with Crippen molar-refractivity contribution in [2.24, 2.45) is 0 Å². The van der Waals surface area contributed by atoms with Crippen molar-refractivity contribution < 1.29 is 23.4 Å². The summed E-state index contributed by atoms with van der Waals surface area (Å²) in [5.41, 5.74) is -4.20. The molecule has 0 saturated carbocycles. The van der Waals surface area contributed by atoms with E-state index in [1.54, 1.807) is 50.3 Å². The van der Waals surface area contributed by atoms with Crippen molar-refractivity contribution in [2.75, 3.05) is 13.2 Å². The van der Waals surface area contributed by atoms with E-state index in [0.717, 1.165) is 6.08 Å². The Balaban J connectivity index is 2.37. The Morgan fingerprint density at radius 1 is 1.43 bits per heavy atom. The van der Waals surface area contributed by atoms with Crippen LogP contribution in [0.4, 0.5) is 8.78 Å². The monoisotopic (exact) mass is 436 g/mol. The van der Waals surface area contributed by atoms with Gasteiger partial charge < -0.3 is 15.2 Å². The SMILES string of the molecule is C=C(/C(F)=C\C=C/C)[C@]1(NC(=S)NC(=O)c2ccccc2)CO[C@@H](C)C[C@@]1(F)CO. The molecule has 1 aliphatic heterocycles. The van der Waals surface area contributed by atoms with Gasteiger partial charge in [0.1, 0.15) is 11.4 Å². The lowest BCUT2D eigenvalue weighted by Gasteiger charge is -2.50. The van der Waals surface area contributed by atoms with Gasteiger partial charge in [0.25, 0.3) is 5.91 Å². The van der Waals surface area contributed by atoms with E-state index in [-0.39, 0.29) is 23.7 Å². The number of hydrogen-bond donors (Lipinski definition) is 3. The van der Waals surface area contributed by atoms with Crippen molar-refractivity contribution in [3.63, 3.8) is 0 Å². The minimum atomic E-state index is -2.34. The van der Waals surface area contributed by atoms with Crippen LogP contribution in [0.15, 0.2) is 66.5 Å². The fourth-order valence-corrected chi connectivity index (χ4v) is 3.61. The predicted molar refractivity (Wildman–Crippen MR) is 116 cm³/mol. The number of nitrogens with one attached hydrogen (secondary N) is 2. The van der Waals surface area contributed by atoms with E-state index in [0.29, 0.717) is 5.56 Å². The molecule has 0 spiro atoms. The van der Waals surface area contributed by atoms with E-state index in [4.69, 9.17) is 17.0 Å². The largest absolute Gasteiger partial charge is 0.393 e. The molecule has 0 bridgehead atoms. The normalized spacial score (nSPS) is 27.0. The fourth-order valence-electron chi connectivity index (χ4n) is 3.34. The summed E-state index contributed by atoms with van der Waals surface area (Å²) >= 11 is 5.21. The van der Waals surface area contributed by atoms with Crippen molar-refractivity contribution >= 4 is 23.2 Å². The average molecular weight is 437 g/mol. The number of carbonyl (C=O) groups is 1. The highest BCUT2D eigenvalue weighted by Crippen LogP contribution is 2.43. The van der Waals surface area contributed by atoms with Crippen LogP contribution in [0.25, 0.3) is 0 Å². The van der Waals surface area contributed by atoms with Gasteiger partial charge in [0, 0.05) is 17.6 Å². The van der Waals surface area contributed by atoms with Crippen molar-refractivity contribution in [2.45, 2.75) is 37.6 Å². The molecule has 0 radical (unpaired) electrons. The van der Waals surface area contributed by atoms with Gasteiger partial charge in [-0.1, -0.05) is 36.9 Å². The number of halogens is 2. The van der Waals surface area contributed by atoms with Crippen molar-refractivity contribution in [1.82, 2.24) is 10.6 Å². The van der Waals surface area contributed by atoms with Gasteiger partial charge in [-0.3, -0.25) is 10.1 Å². The summed E-state index contributed by atoms with van der Waals surface area (Å²) in [6, 6.07) is 8.30. The first kappa shape index (κ1) is 23.9. The maximum absolute atomic E-state index is 16.0. The lowest BCUT2D eigenvalue weighted by molar-refractivity contribution is -0.125. The molecule has 1 heterocycles. The van der Waals surface area contributed by atoms with Gasteiger partial charge >= 0.3 is 0 Å². The quantitative estimate of drug-likeness (QED) is 0.470. The van der Waals surface area contributed by atoms with Crippen LogP contribution < -0.4 is 10.6 Å². The third-order valence-electron chi connectivity index (χ3n) is 5.04. The molecule has 30 heavy (non-hydrogen) atoms. The number of ether oxygens (including phenoxy) is 1. The molecular formula is C22H26F2N2O3S. The molecule has 3 atom stereocenters. The van der Waals surface area contributed by atoms with Crippen molar-refractivity contribution in [3.05, 3.63) is 72.1 Å². The van der Waals surface area contributed by atoms with Crippen LogP contribution in [-0.2, 0) is 4.74 Å². The smallest absolute Gasteiger partial charge is 0.257 e. The van der Waals surface area contributed by atoms with Gasteiger partial charge in [0.15, 0.2) is 10.8 Å². The van der Waals surface area contributed by atoms with Crippen LogP contribution in [0.2, 0.25) is 0 Å². The molecule has 0 aliphatic carbocycles. The van der Waals surface area contributed by atoms with Crippen LogP contribution in [0.3, 0.4) is 0 Å². The summed E-state index contributed by atoms with van der Waals surface area (Å²) < 4.78 is 36.4. The van der Waals surface area contributed by atoms with Gasteiger partial charge in [-0.25, -0.2) is 8.78 Å². The molecular weight excluding hydrogens is 410 g/mol. The van der Waals surface area contributed by atoms with Gasteiger partial charge in [0.2, 0.25) is 0 Å². The van der Waals surface area contributed by atoms with Crippen LogP contribution in [0, 0.1) is 0 Å². The number of benzene rings is 1. The van der Waals surface area contributed by atoms with E-state index in [9.17, 15) is 14.3 Å². The van der Waals surface area contributed by atoms with Crippen LogP contribution >= 0.6 is 12.2 Å². The average Bonchev–Trinajstić information content (AvgIpc) is 2.74. The van der Waals surface area contributed by atoms with Crippen LogP contribution in [0.1, 0.15) is 30.6 Å². The molecule has 3 N–H and O–H groups in total. The number of thiocarbonyl (C=S) groups is 1. The summed E-state index contributed by atoms with van der Waals surface area (Å²) in [6.07, 6.45) is 3.44. The first-order valence-corrected chi connectivity index (χ1v) is 9.88. The molecule has 1 saturated heterocycles. The van der Waals surface area contributed by atoms with Crippen LogP contribution in [-0.4, -0.2) is 46.7 Å². The minimum Gasteiger partial charge on any atom is -0.393 e. The standard InChI is InChI=1S/C22H26F2N2O3S/c1-4-5-11-18(23)16(3)22(14-29-15(2)12-21(22,24)13-27)26-20(30)25-19(28)17-9-7-6-8-10-17/h4-11,15,27H,3,12-14H2,1-2H3,(H2,25,26,28,30)/b5-4-,18-11+/t15-,21+,22+/m0/s1. The second-order valence-electron chi connectivity index (χ2n) is 7.15. The Hall–Kier alpha value is -2.42. The first-order chi connectivity index (χ1) is 14.2. The Morgan fingerprint density at radius 2 is 2.10 bits per heavy atom. The molecule has 162 valence electrons. The Morgan fingerprint density at radius 3 is 2.70 bits per heavy atom. The van der Waals surface area contributed by atoms with Crippen LogP contribution in [0.5, 0.6) is 0 Å². The van der Waals surface area contributed by atoms with E-state index < -0.39 is 35.7 Å². The van der Waals surface area contributed by atoms with Crippen molar-refractivity contribution in [1.29, 1.82) is 0 Å². The zero-order valence-electron chi connectivity index (χ0n) is 17.0. The highest BCUT2D eigenvalue weighted by Gasteiger charge is 2.59. The summed E-state index contributed by atoms with van der Waals surface area (Å²) in [6.45, 7) is 5.81. The molecule has 8 heteroatoms. The van der Waals surface area contributed by atoms with Gasteiger partial charge in [-0.2, -0.15) is 0 Å². The summed E-state index contributed by atoms with van der Waals surface area (Å²) in [5, 5.41) is 14.8. The fraction of sp³-hybridized carbons (Fsp3) is 0.364. The zero-order chi connectivity index (χ0) is 22.4. The second-order valence-corrected chi connectivity index (χ2v) is 7.56. The Kier molecular flexibility index (Phi) is 8.00. The van der Waals surface area contributed by atoms with E-state index in [2.05, 4.69) is 17.2 Å². The number of carbonyl (C=O) groups excluding carboxylic acids is 1. The number of allylic oxidation sites excluding steroid dienone is 3. The van der Waals surface area contributed by atoms with E-state index in [1.165, 1.54) is 6.08 Å². The molecule has 1 aromatic carbocycles. The molecule has 0 unspecified atom stereocenters. The lowest BCUT2D eigenvalue weighted by Crippen LogP contribution is -2.71. The predicted octanol–water partition coefficient (Wildman–Crippen LogP) is 3.52. The second kappa shape index (κ2) is 10.1. The molecule has 1 amide bonds. The van der Waals surface area contributed by atoms with Crippen molar-refractivity contribution in [3.8, 4) is 0 Å². The maximum Gasteiger partial charge on any atom is 0.257 e. The van der Waals surface area contributed by atoms with E-state index in [1.807, 2.05) is 0 Å². The summed E-state index contributed by atoms with van der Waals surface area (Å²) in [5.74, 6) is -1.32. The summed E-state index contributed by atoms with van der Waals surface area (Å²) in [4.78, 5) is 12.4. The molecule has 1 fully saturated rings. The number of alkyl halides is 1. The van der Waals surface area contributed by atoms with Gasteiger partial charge in [-0.05, 0) is 44.3 Å². The third-order valence-corrected chi connectivity index (χ3v) is 5.24. The summed E-state index contributed by atoms with van der Waals surface area (Å²) in [7, 11) is 0. The Labute approximate surface area is 180 Å². The lowest BCUT2D eigenvalue weighted by atomic mass is 9.71. The topological polar surface area (TPSA) is 70.6 Å². The number of hydrogen-bond acceptors (Lipinski definition) is 4. The molecule has 1 aromatic rings. The zero-order valence-corrected chi connectivity index (χ0v) is 17.8. The Bertz CT molecular complexity index is 859. The van der Waals surface area contributed by atoms with E-state index >= 15 is 4.39 Å². The van der Waals surface area contributed by atoms with Gasteiger partial charge in [0.05, 0.1) is 19.3 Å². The molecule has 1 aliphatic rings. The van der Waals surface area contributed by atoms with Gasteiger partial charge in [-0.15, -0.1) is 0 Å². The number of aliphatic hydroxyl groups excluding tert-OH is 1.